The molecule has 0 unspecified atom stereocenters. The summed E-state index contributed by atoms with van der Waals surface area (Å²) in [5.41, 5.74) is 5.81. The molecule has 0 saturated carbocycles. The summed E-state index contributed by atoms with van der Waals surface area (Å²) in [6, 6.07) is 36.3. The van der Waals surface area contributed by atoms with Gasteiger partial charge in [0, 0.05) is 21.7 Å². The Kier molecular flexibility index (Phi) is 7.97. The Balaban J connectivity index is 1.27. The van der Waals surface area contributed by atoms with Crippen LogP contribution in [0.1, 0.15) is 27.0 Å². The van der Waals surface area contributed by atoms with Crippen molar-refractivity contribution in [3.63, 3.8) is 0 Å². The second-order valence-corrected chi connectivity index (χ2v) is 8.98. The molecule has 5 rings (SSSR count). The second-order valence-electron chi connectivity index (χ2n) is 8.58. The van der Waals surface area contributed by atoms with E-state index in [1.54, 1.807) is 30.5 Å². The van der Waals surface area contributed by atoms with E-state index in [1.807, 2.05) is 91.0 Å². The highest BCUT2D eigenvalue weighted by molar-refractivity contribution is 6.31. The van der Waals surface area contributed by atoms with Crippen LogP contribution in [0, 0.1) is 0 Å². The van der Waals surface area contributed by atoms with Crippen molar-refractivity contribution in [3.8, 4) is 11.5 Å². The third kappa shape index (κ3) is 6.20. The molecule has 5 nitrogen and oxygen atoms in total. The molecular weight excluding hydrogens is 496 g/mol. The van der Waals surface area contributed by atoms with Crippen molar-refractivity contribution in [2.24, 2.45) is 5.10 Å². The highest BCUT2D eigenvalue weighted by Crippen LogP contribution is 2.28. The Morgan fingerprint density at radius 3 is 2.32 bits per heavy atom. The van der Waals surface area contributed by atoms with Crippen LogP contribution in [0.5, 0.6) is 11.5 Å². The molecule has 0 aliphatic heterocycles. The Morgan fingerprint density at radius 1 is 0.763 bits per heavy atom. The molecule has 0 aromatic heterocycles. The van der Waals surface area contributed by atoms with E-state index in [2.05, 4.69) is 10.5 Å². The Morgan fingerprint density at radius 2 is 1.50 bits per heavy atom. The van der Waals surface area contributed by atoms with Crippen LogP contribution in [0.15, 0.2) is 120 Å². The van der Waals surface area contributed by atoms with E-state index in [9.17, 15) is 4.79 Å². The summed E-state index contributed by atoms with van der Waals surface area (Å²) in [4.78, 5) is 12.7. The molecule has 38 heavy (non-hydrogen) atoms. The number of ether oxygens (including phenoxy) is 2. The van der Waals surface area contributed by atoms with Crippen molar-refractivity contribution < 1.29 is 14.3 Å². The topological polar surface area (TPSA) is 59.9 Å². The van der Waals surface area contributed by atoms with Crippen LogP contribution >= 0.6 is 11.6 Å². The molecule has 0 saturated heterocycles. The number of hydrazone groups is 1. The van der Waals surface area contributed by atoms with Crippen molar-refractivity contribution in [2.75, 3.05) is 0 Å². The van der Waals surface area contributed by atoms with Gasteiger partial charge >= 0.3 is 0 Å². The average Bonchev–Trinajstić information content (AvgIpc) is 2.97. The first kappa shape index (κ1) is 25.1. The minimum atomic E-state index is -0.324. The molecule has 6 heteroatoms. The summed E-state index contributed by atoms with van der Waals surface area (Å²) in [6.07, 6.45) is 1.61. The number of fused-ring (bicyclic) bond motifs is 1. The van der Waals surface area contributed by atoms with Gasteiger partial charge < -0.3 is 9.47 Å². The van der Waals surface area contributed by atoms with Gasteiger partial charge in [-0.3, -0.25) is 4.79 Å². The number of carbonyl (C=O) groups excluding carboxylic acids is 1. The van der Waals surface area contributed by atoms with Gasteiger partial charge in [-0.15, -0.1) is 0 Å². The van der Waals surface area contributed by atoms with Crippen LogP contribution in [0.3, 0.4) is 0 Å². The molecular formula is C32H25ClN2O3. The van der Waals surface area contributed by atoms with Gasteiger partial charge in [0.25, 0.3) is 5.91 Å². The SMILES string of the molecule is O=C(N/N=C/c1c(OCc2ccccc2Cl)ccc2ccccc12)c1ccc(OCc2ccccc2)cc1. The number of rotatable bonds is 9. The fourth-order valence-corrected chi connectivity index (χ4v) is 4.16. The highest BCUT2D eigenvalue weighted by atomic mass is 35.5. The normalized spacial score (nSPS) is 11.0. The van der Waals surface area contributed by atoms with E-state index in [0.29, 0.717) is 35.3 Å². The Bertz CT molecular complexity index is 1570. The number of hydrogen-bond donors (Lipinski definition) is 1. The Labute approximate surface area is 226 Å². The van der Waals surface area contributed by atoms with Crippen molar-refractivity contribution in [1.29, 1.82) is 0 Å². The lowest BCUT2D eigenvalue weighted by atomic mass is 10.0. The fourth-order valence-electron chi connectivity index (χ4n) is 3.97. The fraction of sp³-hybridized carbons (Fsp3) is 0.0625. The number of halogens is 1. The molecule has 0 heterocycles. The predicted molar refractivity (Wildman–Crippen MR) is 152 cm³/mol. The van der Waals surface area contributed by atoms with Crippen molar-refractivity contribution in [2.45, 2.75) is 13.2 Å². The lowest BCUT2D eigenvalue weighted by Crippen LogP contribution is -2.17. The number of nitrogens with zero attached hydrogens (tertiary/aromatic N) is 1. The van der Waals surface area contributed by atoms with E-state index in [1.165, 1.54) is 0 Å². The molecule has 0 spiro atoms. The molecule has 0 fully saturated rings. The first-order chi connectivity index (χ1) is 18.7. The molecule has 0 radical (unpaired) electrons. The zero-order valence-electron chi connectivity index (χ0n) is 20.5. The van der Waals surface area contributed by atoms with E-state index in [0.717, 1.165) is 27.5 Å². The van der Waals surface area contributed by atoms with E-state index >= 15 is 0 Å². The van der Waals surface area contributed by atoms with Gasteiger partial charge in [-0.05, 0) is 52.7 Å². The van der Waals surface area contributed by atoms with Gasteiger partial charge in [0.1, 0.15) is 24.7 Å². The number of benzene rings is 5. The second kappa shape index (κ2) is 12.1. The first-order valence-electron chi connectivity index (χ1n) is 12.2. The minimum Gasteiger partial charge on any atom is -0.489 e. The van der Waals surface area contributed by atoms with Gasteiger partial charge in [0.15, 0.2) is 0 Å². The molecule has 1 amide bonds. The summed E-state index contributed by atoms with van der Waals surface area (Å²) >= 11 is 6.30. The van der Waals surface area contributed by atoms with E-state index in [-0.39, 0.29) is 5.91 Å². The number of nitrogens with one attached hydrogen (secondary N) is 1. The van der Waals surface area contributed by atoms with E-state index in [4.69, 9.17) is 21.1 Å². The predicted octanol–water partition coefficient (Wildman–Crippen LogP) is 7.42. The minimum absolute atomic E-state index is 0.309. The summed E-state index contributed by atoms with van der Waals surface area (Å²) in [7, 11) is 0. The molecule has 0 aliphatic carbocycles. The number of carbonyl (C=O) groups is 1. The van der Waals surface area contributed by atoms with Crippen LogP contribution in [0.4, 0.5) is 0 Å². The molecule has 1 N–H and O–H groups in total. The lowest BCUT2D eigenvalue weighted by Gasteiger charge is -2.12. The maximum absolute atomic E-state index is 12.7. The quantitative estimate of drug-likeness (QED) is 0.162. The van der Waals surface area contributed by atoms with Gasteiger partial charge in [0.05, 0.1) is 6.21 Å². The lowest BCUT2D eigenvalue weighted by molar-refractivity contribution is 0.0955. The number of amides is 1. The monoisotopic (exact) mass is 520 g/mol. The van der Waals surface area contributed by atoms with Crippen molar-refractivity contribution >= 4 is 34.5 Å². The maximum Gasteiger partial charge on any atom is 0.271 e. The summed E-state index contributed by atoms with van der Waals surface area (Å²) in [5, 5.41) is 6.88. The average molecular weight is 521 g/mol. The van der Waals surface area contributed by atoms with Gasteiger partial charge in [0.2, 0.25) is 0 Å². The van der Waals surface area contributed by atoms with Crippen LogP contribution < -0.4 is 14.9 Å². The van der Waals surface area contributed by atoms with Gasteiger partial charge in [-0.25, -0.2) is 5.43 Å². The summed E-state index contributed by atoms with van der Waals surface area (Å²) in [6.45, 7) is 0.770. The van der Waals surface area contributed by atoms with Crippen LogP contribution in [-0.2, 0) is 13.2 Å². The van der Waals surface area contributed by atoms with Crippen molar-refractivity contribution in [1.82, 2.24) is 5.43 Å². The molecule has 5 aromatic carbocycles. The zero-order chi connectivity index (χ0) is 26.2. The molecule has 0 aliphatic rings. The summed E-state index contributed by atoms with van der Waals surface area (Å²) < 4.78 is 11.9. The standard InChI is InChI=1S/C32H25ClN2O3/c33-30-13-7-5-11-26(30)22-38-31-19-16-24-10-4-6-12-28(24)29(31)20-34-35-32(36)25-14-17-27(18-15-25)37-21-23-8-2-1-3-9-23/h1-20H,21-22H2,(H,35,36)/b34-20+. The van der Waals surface area contributed by atoms with E-state index < -0.39 is 0 Å². The molecule has 5 aromatic rings. The largest absolute Gasteiger partial charge is 0.489 e. The molecule has 0 bridgehead atoms. The summed E-state index contributed by atoms with van der Waals surface area (Å²) in [5.74, 6) is 1.00. The van der Waals surface area contributed by atoms with Crippen LogP contribution in [0.2, 0.25) is 5.02 Å². The molecule has 0 atom stereocenters. The third-order valence-electron chi connectivity index (χ3n) is 6.00. The van der Waals surface area contributed by atoms with Crippen LogP contribution in [0.25, 0.3) is 10.8 Å². The van der Waals surface area contributed by atoms with Gasteiger partial charge in [-0.1, -0.05) is 90.5 Å². The smallest absolute Gasteiger partial charge is 0.271 e. The first-order valence-corrected chi connectivity index (χ1v) is 12.5. The maximum atomic E-state index is 12.7. The number of hydrogen-bond acceptors (Lipinski definition) is 4. The van der Waals surface area contributed by atoms with Gasteiger partial charge in [-0.2, -0.15) is 5.10 Å². The third-order valence-corrected chi connectivity index (χ3v) is 6.37. The van der Waals surface area contributed by atoms with Crippen LogP contribution in [-0.4, -0.2) is 12.1 Å². The highest BCUT2D eigenvalue weighted by Gasteiger charge is 2.10. The Hall–Kier alpha value is -4.61. The van der Waals surface area contributed by atoms with Crippen molar-refractivity contribution in [3.05, 3.63) is 143 Å². The molecule has 188 valence electrons. The zero-order valence-corrected chi connectivity index (χ0v) is 21.3.